The first-order valence-electron chi connectivity index (χ1n) is 5.40. The van der Waals surface area contributed by atoms with Gasteiger partial charge in [-0.15, -0.1) is 0 Å². The van der Waals surface area contributed by atoms with E-state index in [2.05, 4.69) is 10.3 Å². The number of benzene rings is 2. The number of nitrogens with zero attached hydrogens (tertiary/aromatic N) is 1. The second-order valence-electron chi connectivity index (χ2n) is 3.85. The number of aromatic nitrogens is 1. The number of halogens is 3. The zero-order valence-electron chi connectivity index (χ0n) is 9.45. The van der Waals surface area contributed by atoms with Gasteiger partial charge in [0.2, 0.25) is 0 Å². The molecule has 0 atom stereocenters. The van der Waals surface area contributed by atoms with Crippen LogP contribution in [0.2, 0.25) is 5.02 Å². The summed E-state index contributed by atoms with van der Waals surface area (Å²) in [5, 5.41) is 3.65. The molecule has 96 valence electrons. The maximum Gasteiger partial charge on any atom is 0.188 e. The Morgan fingerprint density at radius 2 is 1.84 bits per heavy atom. The van der Waals surface area contributed by atoms with Crippen molar-refractivity contribution in [1.29, 1.82) is 0 Å². The zero-order valence-corrected chi connectivity index (χ0v) is 11.0. The predicted molar refractivity (Wildman–Crippen MR) is 74.3 cm³/mol. The highest BCUT2D eigenvalue weighted by atomic mass is 35.5. The summed E-state index contributed by atoms with van der Waals surface area (Å²) in [6.07, 6.45) is 0. The topological polar surface area (TPSA) is 24.9 Å². The SMILES string of the molecule is Fc1cccc(F)c1Nc1nc2cc(Cl)ccc2s1. The molecule has 1 heterocycles. The van der Waals surface area contributed by atoms with Crippen LogP contribution in [0.3, 0.4) is 0 Å². The van der Waals surface area contributed by atoms with E-state index in [9.17, 15) is 8.78 Å². The maximum atomic E-state index is 13.5. The third kappa shape index (κ3) is 2.39. The van der Waals surface area contributed by atoms with Gasteiger partial charge < -0.3 is 5.32 Å². The van der Waals surface area contributed by atoms with Crippen LogP contribution in [0.15, 0.2) is 36.4 Å². The molecule has 0 aliphatic rings. The van der Waals surface area contributed by atoms with Crippen molar-refractivity contribution in [3.05, 3.63) is 53.1 Å². The first kappa shape index (κ1) is 12.3. The molecule has 19 heavy (non-hydrogen) atoms. The van der Waals surface area contributed by atoms with E-state index in [4.69, 9.17) is 11.6 Å². The Morgan fingerprint density at radius 1 is 1.11 bits per heavy atom. The molecule has 3 rings (SSSR count). The van der Waals surface area contributed by atoms with E-state index in [1.807, 2.05) is 6.07 Å². The van der Waals surface area contributed by atoms with Crippen LogP contribution in [0.4, 0.5) is 19.6 Å². The van der Waals surface area contributed by atoms with Crippen molar-refractivity contribution < 1.29 is 8.78 Å². The number of fused-ring (bicyclic) bond motifs is 1. The molecule has 0 saturated carbocycles. The molecule has 0 spiro atoms. The van der Waals surface area contributed by atoms with E-state index in [-0.39, 0.29) is 5.69 Å². The fourth-order valence-electron chi connectivity index (χ4n) is 1.68. The first-order valence-corrected chi connectivity index (χ1v) is 6.60. The monoisotopic (exact) mass is 296 g/mol. The number of anilines is 2. The second kappa shape index (κ2) is 4.75. The van der Waals surface area contributed by atoms with E-state index in [0.29, 0.717) is 15.7 Å². The predicted octanol–water partition coefficient (Wildman–Crippen LogP) is 4.97. The number of para-hydroxylation sites is 1. The summed E-state index contributed by atoms with van der Waals surface area (Å²) in [5.41, 5.74) is 0.490. The molecule has 1 N–H and O–H groups in total. The van der Waals surface area contributed by atoms with Gasteiger partial charge in [0.1, 0.15) is 17.3 Å². The smallest absolute Gasteiger partial charge is 0.188 e. The van der Waals surface area contributed by atoms with Crippen molar-refractivity contribution in [3.8, 4) is 0 Å². The molecule has 6 heteroatoms. The summed E-state index contributed by atoms with van der Waals surface area (Å²) in [6, 6.07) is 8.96. The summed E-state index contributed by atoms with van der Waals surface area (Å²) in [7, 11) is 0. The van der Waals surface area contributed by atoms with Gasteiger partial charge in [-0.2, -0.15) is 0 Å². The van der Waals surface area contributed by atoms with Crippen LogP contribution in [0.1, 0.15) is 0 Å². The Labute approximate surface area is 116 Å². The molecule has 0 fully saturated rings. The summed E-state index contributed by atoms with van der Waals surface area (Å²) in [6.45, 7) is 0. The number of rotatable bonds is 2. The van der Waals surface area contributed by atoms with Gasteiger partial charge in [0.05, 0.1) is 10.2 Å². The van der Waals surface area contributed by atoms with Crippen LogP contribution in [0.25, 0.3) is 10.2 Å². The van der Waals surface area contributed by atoms with Crippen LogP contribution in [-0.2, 0) is 0 Å². The first-order chi connectivity index (χ1) is 9.13. The van der Waals surface area contributed by atoms with Crippen LogP contribution in [0.5, 0.6) is 0 Å². The van der Waals surface area contributed by atoms with Gasteiger partial charge in [0, 0.05) is 5.02 Å². The van der Waals surface area contributed by atoms with Gasteiger partial charge in [0.25, 0.3) is 0 Å². The molecule has 0 saturated heterocycles. The van der Waals surface area contributed by atoms with Gasteiger partial charge in [-0.1, -0.05) is 29.0 Å². The fraction of sp³-hybridized carbons (Fsp3) is 0. The average molecular weight is 297 g/mol. The second-order valence-corrected chi connectivity index (χ2v) is 5.32. The minimum absolute atomic E-state index is 0.201. The van der Waals surface area contributed by atoms with Crippen LogP contribution >= 0.6 is 22.9 Å². The van der Waals surface area contributed by atoms with Crippen molar-refractivity contribution in [3.63, 3.8) is 0 Å². The standard InChI is InChI=1S/C13H7ClF2N2S/c14-7-4-5-11-10(6-7)17-13(19-11)18-12-8(15)2-1-3-9(12)16/h1-6H,(H,17,18). The van der Waals surface area contributed by atoms with E-state index < -0.39 is 11.6 Å². The minimum Gasteiger partial charge on any atom is -0.327 e. The van der Waals surface area contributed by atoms with Gasteiger partial charge in [-0.05, 0) is 30.3 Å². The summed E-state index contributed by atoms with van der Waals surface area (Å²) < 4.78 is 27.9. The number of hydrogen-bond acceptors (Lipinski definition) is 3. The molecule has 0 aliphatic carbocycles. The van der Waals surface area contributed by atoms with E-state index in [0.717, 1.165) is 4.70 Å². The Balaban J connectivity index is 2.01. The molecular weight excluding hydrogens is 290 g/mol. The molecule has 0 radical (unpaired) electrons. The van der Waals surface area contributed by atoms with Crippen LogP contribution < -0.4 is 5.32 Å². The highest BCUT2D eigenvalue weighted by Gasteiger charge is 2.11. The van der Waals surface area contributed by atoms with E-state index in [1.165, 1.54) is 29.5 Å². The lowest BCUT2D eigenvalue weighted by atomic mass is 10.3. The highest BCUT2D eigenvalue weighted by molar-refractivity contribution is 7.22. The van der Waals surface area contributed by atoms with Crippen molar-refractivity contribution in [2.24, 2.45) is 0 Å². The van der Waals surface area contributed by atoms with Gasteiger partial charge >= 0.3 is 0 Å². The summed E-state index contributed by atoms with van der Waals surface area (Å²) in [5.74, 6) is -1.31. The van der Waals surface area contributed by atoms with Gasteiger partial charge in [-0.25, -0.2) is 13.8 Å². The Morgan fingerprint density at radius 3 is 2.58 bits per heavy atom. The Kier molecular flexibility index (Phi) is 3.08. The lowest BCUT2D eigenvalue weighted by Crippen LogP contribution is -1.96. The molecule has 0 bridgehead atoms. The molecule has 1 aromatic heterocycles. The highest BCUT2D eigenvalue weighted by Crippen LogP contribution is 2.31. The zero-order chi connectivity index (χ0) is 13.4. The van der Waals surface area contributed by atoms with Crippen molar-refractivity contribution >= 4 is 44.0 Å². The number of nitrogens with one attached hydrogen (secondary N) is 1. The largest absolute Gasteiger partial charge is 0.327 e. The molecule has 2 aromatic carbocycles. The number of hydrogen-bond donors (Lipinski definition) is 1. The normalized spacial score (nSPS) is 10.9. The van der Waals surface area contributed by atoms with Crippen molar-refractivity contribution in [2.75, 3.05) is 5.32 Å². The molecule has 0 amide bonds. The third-order valence-electron chi connectivity index (χ3n) is 2.54. The average Bonchev–Trinajstić information content (AvgIpc) is 2.75. The van der Waals surface area contributed by atoms with Crippen molar-refractivity contribution in [2.45, 2.75) is 0 Å². The summed E-state index contributed by atoms with van der Waals surface area (Å²) in [4.78, 5) is 4.24. The number of thiazole rings is 1. The van der Waals surface area contributed by atoms with Crippen molar-refractivity contribution in [1.82, 2.24) is 4.98 Å². The molecule has 0 aliphatic heterocycles. The Bertz CT molecular complexity index is 737. The molecule has 3 aromatic rings. The van der Waals surface area contributed by atoms with E-state index in [1.54, 1.807) is 12.1 Å². The van der Waals surface area contributed by atoms with Gasteiger partial charge in [-0.3, -0.25) is 0 Å². The quantitative estimate of drug-likeness (QED) is 0.722. The molecule has 0 unspecified atom stereocenters. The Hall–Kier alpha value is -1.72. The summed E-state index contributed by atoms with van der Waals surface area (Å²) >= 11 is 7.17. The van der Waals surface area contributed by atoms with E-state index >= 15 is 0 Å². The fourth-order valence-corrected chi connectivity index (χ4v) is 2.70. The van der Waals surface area contributed by atoms with Gasteiger partial charge in [0.15, 0.2) is 5.13 Å². The maximum absolute atomic E-state index is 13.5. The lowest BCUT2D eigenvalue weighted by molar-refractivity contribution is 0.591. The molecular formula is C13H7ClF2N2S. The molecule has 2 nitrogen and oxygen atoms in total. The minimum atomic E-state index is -0.655. The third-order valence-corrected chi connectivity index (χ3v) is 3.73. The van der Waals surface area contributed by atoms with Crippen LogP contribution in [-0.4, -0.2) is 4.98 Å². The lowest BCUT2D eigenvalue weighted by Gasteiger charge is -2.04. The van der Waals surface area contributed by atoms with Crippen LogP contribution in [0, 0.1) is 11.6 Å².